The Morgan fingerprint density at radius 3 is 2.70 bits per heavy atom. The molecule has 0 spiro atoms. The van der Waals surface area contributed by atoms with Crippen molar-refractivity contribution in [1.82, 2.24) is 40.2 Å². The highest BCUT2D eigenvalue weighted by Gasteiger charge is 2.29. The van der Waals surface area contributed by atoms with Crippen LogP contribution in [-0.2, 0) is 29.7 Å². The van der Waals surface area contributed by atoms with Crippen molar-refractivity contribution in [1.29, 1.82) is 0 Å². The van der Waals surface area contributed by atoms with Gasteiger partial charge in [-0.15, -0.1) is 5.10 Å². The lowest BCUT2D eigenvalue weighted by atomic mass is 10.0. The second kappa shape index (κ2) is 9.14. The second-order valence-corrected chi connectivity index (χ2v) is 7.35. The molecule has 1 atom stereocenters. The fourth-order valence-electron chi connectivity index (χ4n) is 3.72. The lowest BCUT2D eigenvalue weighted by Crippen LogP contribution is -2.41. The highest BCUT2D eigenvalue weighted by Crippen LogP contribution is 2.27. The first-order valence-corrected chi connectivity index (χ1v) is 10.0. The summed E-state index contributed by atoms with van der Waals surface area (Å²) < 4.78 is 8.83. The van der Waals surface area contributed by atoms with Crippen LogP contribution in [-0.4, -0.2) is 67.1 Å². The zero-order chi connectivity index (χ0) is 20.9. The van der Waals surface area contributed by atoms with E-state index in [1.165, 1.54) is 0 Å². The molecule has 0 aliphatic carbocycles. The first-order valence-electron chi connectivity index (χ1n) is 10.0. The molecule has 1 saturated heterocycles. The van der Waals surface area contributed by atoms with Crippen LogP contribution in [0, 0.1) is 6.92 Å². The van der Waals surface area contributed by atoms with Gasteiger partial charge >= 0.3 is 0 Å². The average molecular weight is 410 g/mol. The van der Waals surface area contributed by atoms with Crippen LogP contribution in [0.15, 0.2) is 36.5 Å². The number of morpholine rings is 1. The lowest BCUT2D eigenvalue weighted by molar-refractivity contribution is -0.122. The van der Waals surface area contributed by atoms with Gasteiger partial charge in [0.2, 0.25) is 5.91 Å². The van der Waals surface area contributed by atoms with Gasteiger partial charge in [-0.05, 0) is 22.9 Å². The minimum Gasteiger partial charge on any atom is -0.379 e. The van der Waals surface area contributed by atoms with Crippen LogP contribution in [0.3, 0.4) is 0 Å². The molecule has 0 saturated carbocycles. The smallest absolute Gasteiger partial charge is 0.242 e. The maximum Gasteiger partial charge on any atom is 0.242 e. The number of carbonyl (C=O) groups is 1. The number of rotatable bonds is 7. The molecule has 3 heterocycles. The monoisotopic (exact) mass is 410 g/mol. The van der Waals surface area contributed by atoms with E-state index in [2.05, 4.69) is 43.0 Å². The third kappa shape index (κ3) is 4.55. The summed E-state index contributed by atoms with van der Waals surface area (Å²) in [7, 11) is 1.86. The Bertz CT molecular complexity index is 978. The predicted molar refractivity (Wildman–Crippen MR) is 108 cm³/mol. The van der Waals surface area contributed by atoms with E-state index in [4.69, 9.17) is 4.74 Å². The topological polar surface area (TPSA) is 103 Å². The normalized spacial score (nSPS) is 15.8. The number of nitrogens with zero attached hydrogens (tertiary/aromatic N) is 7. The third-order valence-corrected chi connectivity index (χ3v) is 5.21. The highest BCUT2D eigenvalue weighted by atomic mass is 16.5. The zero-order valence-electron chi connectivity index (χ0n) is 17.2. The molecule has 158 valence electrons. The van der Waals surface area contributed by atoms with E-state index in [-0.39, 0.29) is 18.5 Å². The number of nitrogens with one attached hydrogen (secondary N) is 1. The van der Waals surface area contributed by atoms with Crippen molar-refractivity contribution in [3.05, 3.63) is 59.2 Å². The zero-order valence-corrected chi connectivity index (χ0v) is 17.2. The van der Waals surface area contributed by atoms with Crippen LogP contribution >= 0.6 is 0 Å². The van der Waals surface area contributed by atoms with Crippen molar-refractivity contribution in [3.8, 4) is 0 Å². The molecule has 10 nitrogen and oxygen atoms in total. The van der Waals surface area contributed by atoms with Gasteiger partial charge in [-0.1, -0.05) is 30.3 Å². The largest absolute Gasteiger partial charge is 0.379 e. The Labute approximate surface area is 174 Å². The van der Waals surface area contributed by atoms with Gasteiger partial charge in [-0.3, -0.25) is 14.4 Å². The van der Waals surface area contributed by atoms with E-state index in [0.717, 1.165) is 29.9 Å². The number of ether oxygens (including phenoxy) is 1. The number of aromatic nitrogens is 6. The summed E-state index contributed by atoms with van der Waals surface area (Å²) in [6, 6.07) is 9.96. The molecule has 1 aliphatic rings. The van der Waals surface area contributed by atoms with Crippen molar-refractivity contribution in [2.45, 2.75) is 26.1 Å². The molecule has 0 bridgehead atoms. The summed E-state index contributed by atoms with van der Waals surface area (Å²) in [5, 5.41) is 19.5. The Hall–Kier alpha value is -3.11. The molecular weight excluding hydrogens is 384 g/mol. The number of aryl methyl sites for hydroxylation is 2. The molecule has 3 aromatic rings. The number of benzene rings is 1. The van der Waals surface area contributed by atoms with Crippen LogP contribution in [0.1, 0.15) is 28.7 Å². The Kier molecular flexibility index (Phi) is 6.15. The van der Waals surface area contributed by atoms with E-state index < -0.39 is 0 Å². The molecule has 10 heteroatoms. The summed E-state index contributed by atoms with van der Waals surface area (Å²) in [4.78, 5) is 14.9. The van der Waals surface area contributed by atoms with E-state index in [1.54, 1.807) is 9.36 Å². The van der Waals surface area contributed by atoms with Gasteiger partial charge in [0.1, 0.15) is 6.54 Å². The van der Waals surface area contributed by atoms with Crippen molar-refractivity contribution >= 4 is 5.91 Å². The number of hydrogen-bond acceptors (Lipinski definition) is 7. The van der Waals surface area contributed by atoms with E-state index >= 15 is 0 Å². The summed E-state index contributed by atoms with van der Waals surface area (Å²) in [6.45, 7) is 5.27. The van der Waals surface area contributed by atoms with Crippen molar-refractivity contribution in [3.63, 3.8) is 0 Å². The van der Waals surface area contributed by atoms with Crippen molar-refractivity contribution in [2.24, 2.45) is 7.05 Å². The first-order chi connectivity index (χ1) is 14.6. The number of tetrazole rings is 1. The molecule has 0 radical (unpaired) electrons. The minimum atomic E-state index is -0.152. The van der Waals surface area contributed by atoms with Crippen LogP contribution in [0.4, 0.5) is 0 Å². The van der Waals surface area contributed by atoms with Crippen LogP contribution in [0.5, 0.6) is 0 Å². The van der Waals surface area contributed by atoms with Crippen molar-refractivity contribution < 1.29 is 9.53 Å². The quantitative estimate of drug-likeness (QED) is 0.603. The van der Waals surface area contributed by atoms with Gasteiger partial charge in [-0.25, -0.2) is 4.68 Å². The Morgan fingerprint density at radius 2 is 2.00 bits per heavy atom. The molecule has 1 N–H and O–H groups in total. The SMILES string of the molecule is Cc1nn(C)cc1CNC(=O)Cn1nnnc1[C@@H](c1ccccc1)N1CCOCC1. The standard InChI is InChI=1S/C20H26N8O2/c1-15-17(13-26(2)23-15)12-21-18(29)14-28-20(22-24-25-28)19(16-6-4-3-5-7-16)27-8-10-30-11-9-27/h3-7,13,19H,8-12,14H2,1-2H3,(H,21,29)/t19-/m1/s1. The van der Waals surface area contributed by atoms with E-state index in [9.17, 15) is 4.79 Å². The van der Waals surface area contributed by atoms with Crippen LogP contribution < -0.4 is 5.32 Å². The maximum atomic E-state index is 12.6. The van der Waals surface area contributed by atoms with Gasteiger partial charge in [0.15, 0.2) is 5.82 Å². The minimum absolute atomic E-state index is 0.0509. The molecule has 2 aromatic heterocycles. The molecular formula is C20H26N8O2. The summed E-state index contributed by atoms with van der Waals surface area (Å²) >= 11 is 0. The molecule has 1 aliphatic heterocycles. The Balaban J connectivity index is 1.51. The van der Waals surface area contributed by atoms with Gasteiger partial charge < -0.3 is 10.1 Å². The Morgan fingerprint density at radius 1 is 1.23 bits per heavy atom. The molecule has 30 heavy (non-hydrogen) atoms. The lowest BCUT2D eigenvalue weighted by Gasteiger charge is -2.33. The van der Waals surface area contributed by atoms with Crippen LogP contribution in [0.2, 0.25) is 0 Å². The molecule has 0 unspecified atom stereocenters. The third-order valence-electron chi connectivity index (χ3n) is 5.21. The number of hydrogen-bond donors (Lipinski definition) is 1. The van der Waals surface area contributed by atoms with Crippen molar-refractivity contribution in [2.75, 3.05) is 26.3 Å². The first kappa shape index (κ1) is 20.2. The number of amides is 1. The average Bonchev–Trinajstić information content (AvgIpc) is 3.33. The predicted octanol–water partition coefficient (Wildman–Crippen LogP) is 0.453. The summed E-state index contributed by atoms with van der Waals surface area (Å²) in [5.41, 5.74) is 2.97. The van der Waals surface area contributed by atoms with Crippen LogP contribution in [0.25, 0.3) is 0 Å². The fraction of sp³-hybridized carbons (Fsp3) is 0.450. The van der Waals surface area contributed by atoms with Gasteiger partial charge in [0.05, 0.1) is 24.9 Å². The summed E-state index contributed by atoms with van der Waals surface area (Å²) in [6.07, 6.45) is 1.90. The van der Waals surface area contributed by atoms with Gasteiger partial charge in [-0.2, -0.15) is 5.10 Å². The second-order valence-electron chi connectivity index (χ2n) is 7.35. The molecule has 1 amide bonds. The molecule has 1 fully saturated rings. The van der Waals surface area contributed by atoms with E-state index in [0.29, 0.717) is 25.6 Å². The molecule has 1 aromatic carbocycles. The number of carbonyl (C=O) groups excluding carboxylic acids is 1. The van der Waals surface area contributed by atoms with E-state index in [1.807, 2.05) is 38.4 Å². The maximum absolute atomic E-state index is 12.6. The summed E-state index contributed by atoms with van der Waals surface area (Å²) in [5.74, 6) is 0.497. The highest BCUT2D eigenvalue weighted by molar-refractivity contribution is 5.75. The van der Waals surface area contributed by atoms with Gasteiger partial charge in [0, 0.05) is 38.4 Å². The fourth-order valence-corrected chi connectivity index (χ4v) is 3.72. The van der Waals surface area contributed by atoms with Gasteiger partial charge in [0.25, 0.3) is 0 Å². The molecule has 4 rings (SSSR count).